The Kier molecular flexibility index (Phi) is 4.45. The van der Waals surface area contributed by atoms with Crippen LogP contribution in [0.1, 0.15) is 24.5 Å². The molecule has 1 rings (SSSR count). The van der Waals surface area contributed by atoms with Crippen molar-refractivity contribution in [1.29, 1.82) is 0 Å². The van der Waals surface area contributed by atoms with Crippen LogP contribution in [0.25, 0.3) is 0 Å². The van der Waals surface area contributed by atoms with Crippen molar-refractivity contribution in [3.05, 3.63) is 33.4 Å². The summed E-state index contributed by atoms with van der Waals surface area (Å²) < 4.78 is 5.39. The molecule has 0 saturated heterocycles. The van der Waals surface area contributed by atoms with Gasteiger partial charge in [0.1, 0.15) is 0 Å². The van der Waals surface area contributed by atoms with Crippen LogP contribution < -0.4 is 4.74 Å². The summed E-state index contributed by atoms with van der Waals surface area (Å²) in [6.07, 6.45) is -0.0235. The fourth-order valence-corrected chi connectivity index (χ4v) is 1.59. The lowest BCUT2D eigenvalue weighted by molar-refractivity contribution is -0.386. The molecule has 1 unspecified atom stereocenters. The molecule has 94 valence electrons. The smallest absolute Gasteiger partial charge is 0.311 e. The van der Waals surface area contributed by atoms with E-state index in [0.717, 1.165) is 11.1 Å². The van der Waals surface area contributed by atoms with Gasteiger partial charge in [-0.15, -0.1) is 0 Å². The summed E-state index contributed by atoms with van der Waals surface area (Å²) in [6, 6.07) is 3.33. The van der Waals surface area contributed by atoms with Gasteiger partial charge < -0.3 is 9.84 Å². The van der Waals surface area contributed by atoms with Gasteiger partial charge in [0.05, 0.1) is 17.6 Å². The molecule has 0 aliphatic heterocycles. The van der Waals surface area contributed by atoms with Crippen molar-refractivity contribution in [1.82, 2.24) is 0 Å². The first kappa shape index (κ1) is 13.4. The number of hydrogen-bond acceptors (Lipinski definition) is 4. The van der Waals surface area contributed by atoms with Crippen molar-refractivity contribution in [3.8, 4) is 5.75 Å². The van der Waals surface area contributed by atoms with E-state index in [1.807, 2.05) is 6.07 Å². The van der Waals surface area contributed by atoms with E-state index < -0.39 is 11.0 Å². The van der Waals surface area contributed by atoms with Crippen LogP contribution in [0.15, 0.2) is 12.1 Å². The quantitative estimate of drug-likeness (QED) is 0.632. The molecule has 0 fully saturated rings. The van der Waals surface area contributed by atoms with E-state index >= 15 is 0 Å². The summed E-state index contributed by atoms with van der Waals surface area (Å²) in [6.45, 7) is 5.50. The zero-order chi connectivity index (χ0) is 13.0. The number of ether oxygens (including phenoxy) is 1. The largest absolute Gasteiger partial charge is 0.487 e. The van der Waals surface area contributed by atoms with Gasteiger partial charge in [-0.25, -0.2) is 0 Å². The number of benzene rings is 1. The van der Waals surface area contributed by atoms with E-state index in [1.165, 1.54) is 6.07 Å². The van der Waals surface area contributed by atoms with Crippen molar-refractivity contribution in [2.75, 3.05) is 6.61 Å². The van der Waals surface area contributed by atoms with E-state index in [2.05, 4.69) is 0 Å². The maximum atomic E-state index is 10.9. The molecule has 0 aliphatic rings. The zero-order valence-corrected chi connectivity index (χ0v) is 10.3. The van der Waals surface area contributed by atoms with Crippen LogP contribution in [-0.2, 0) is 0 Å². The monoisotopic (exact) mass is 239 g/mol. The van der Waals surface area contributed by atoms with Crippen molar-refractivity contribution < 1.29 is 14.8 Å². The Hall–Kier alpha value is -1.62. The van der Waals surface area contributed by atoms with Gasteiger partial charge in [-0.1, -0.05) is 6.07 Å². The second kappa shape index (κ2) is 5.63. The summed E-state index contributed by atoms with van der Waals surface area (Å²) in [5.41, 5.74) is 1.55. The SMILES string of the molecule is Cc1cc(C)c(OCCC(C)O)c([N+](=O)[O-])c1. The van der Waals surface area contributed by atoms with Gasteiger partial charge >= 0.3 is 5.69 Å². The van der Waals surface area contributed by atoms with Crippen molar-refractivity contribution in [2.45, 2.75) is 33.3 Å². The predicted molar refractivity (Wildman–Crippen MR) is 64.4 cm³/mol. The number of aryl methyl sites for hydroxylation is 2. The maximum Gasteiger partial charge on any atom is 0.311 e. The highest BCUT2D eigenvalue weighted by molar-refractivity contribution is 5.53. The molecule has 0 bridgehead atoms. The number of nitro benzene ring substituents is 1. The maximum absolute atomic E-state index is 10.9. The van der Waals surface area contributed by atoms with Crippen LogP contribution in [0.2, 0.25) is 0 Å². The lowest BCUT2D eigenvalue weighted by Gasteiger charge is -2.11. The molecular weight excluding hydrogens is 222 g/mol. The third kappa shape index (κ3) is 3.71. The topological polar surface area (TPSA) is 72.6 Å². The first-order valence-corrected chi connectivity index (χ1v) is 5.48. The molecular formula is C12H17NO4. The molecule has 1 aromatic rings. The molecule has 17 heavy (non-hydrogen) atoms. The third-order valence-corrected chi connectivity index (χ3v) is 2.38. The van der Waals surface area contributed by atoms with Gasteiger partial charge in [-0.3, -0.25) is 10.1 Å². The molecule has 0 saturated carbocycles. The van der Waals surface area contributed by atoms with Gasteiger partial charge in [-0.05, 0) is 31.9 Å². The highest BCUT2D eigenvalue weighted by atomic mass is 16.6. The van der Waals surface area contributed by atoms with Crippen LogP contribution in [0.4, 0.5) is 5.69 Å². The van der Waals surface area contributed by atoms with Crippen molar-refractivity contribution in [3.63, 3.8) is 0 Å². The summed E-state index contributed by atoms with van der Waals surface area (Å²) in [5, 5.41) is 20.0. The minimum atomic E-state index is -0.472. The Morgan fingerprint density at radius 2 is 2.12 bits per heavy atom. The van der Waals surface area contributed by atoms with Crippen molar-refractivity contribution in [2.24, 2.45) is 0 Å². The fraction of sp³-hybridized carbons (Fsp3) is 0.500. The minimum Gasteiger partial charge on any atom is -0.487 e. The molecule has 1 N–H and O–H groups in total. The van der Waals surface area contributed by atoms with E-state index in [4.69, 9.17) is 9.84 Å². The third-order valence-electron chi connectivity index (χ3n) is 2.38. The Labute approximate surface area is 100 Å². The van der Waals surface area contributed by atoms with E-state index in [0.29, 0.717) is 12.2 Å². The number of nitro groups is 1. The summed E-state index contributed by atoms with van der Waals surface area (Å²) in [7, 11) is 0. The van der Waals surface area contributed by atoms with Crippen LogP contribution >= 0.6 is 0 Å². The Balaban J connectivity index is 2.92. The second-order valence-corrected chi connectivity index (χ2v) is 4.17. The molecule has 0 aliphatic carbocycles. The molecule has 1 atom stereocenters. The average molecular weight is 239 g/mol. The Bertz CT molecular complexity index is 415. The lowest BCUT2D eigenvalue weighted by Crippen LogP contribution is -2.09. The highest BCUT2D eigenvalue weighted by Gasteiger charge is 2.18. The van der Waals surface area contributed by atoms with Crippen LogP contribution in [0.5, 0.6) is 5.75 Å². The number of aliphatic hydroxyl groups is 1. The van der Waals surface area contributed by atoms with Gasteiger partial charge in [0, 0.05) is 12.5 Å². The molecule has 0 spiro atoms. The molecule has 0 aromatic heterocycles. The first-order valence-electron chi connectivity index (χ1n) is 5.48. The molecule has 5 nitrogen and oxygen atoms in total. The number of aliphatic hydroxyl groups excluding tert-OH is 1. The molecule has 5 heteroatoms. The van der Waals surface area contributed by atoms with Crippen LogP contribution in [0, 0.1) is 24.0 Å². The molecule has 1 aromatic carbocycles. The van der Waals surface area contributed by atoms with Crippen molar-refractivity contribution >= 4 is 5.69 Å². The minimum absolute atomic E-state index is 0.0203. The normalized spacial score (nSPS) is 12.2. The molecule has 0 amide bonds. The van der Waals surface area contributed by atoms with Gasteiger partial charge in [0.25, 0.3) is 0 Å². The summed E-state index contributed by atoms with van der Waals surface area (Å²) in [4.78, 5) is 10.5. The van der Waals surface area contributed by atoms with E-state index in [-0.39, 0.29) is 12.3 Å². The van der Waals surface area contributed by atoms with Gasteiger partial charge in [0.15, 0.2) is 5.75 Å². The van der Waals surface area contributed by atoms with Gasteiger partial charge in [0.2, 0.25) is 0 Å². The number of nitrogens with zero attached hydrogens (tertiary/aromatic N) is 1. The summed E-state index contributed by atoms with van der Waals surface area (Å²) >= 11 is 0. The summed E-state index contributed by atoms with van der Waals surface area (Å²) in [5.74, 6) is 0.293. The standard InChI is InChI=1S/C12H17NO4/c1-8-6-9(2)12(11(7-8)13(15)16)17-5-4-10(3)14/h6-7,10,14H,4-5H2,1-3H3. The fourth-order valence-electron chi connectivity index (χ4n) is 1.59. The lowest BCUT2D eigenvalue weighted by atomic mass is 10.1. The molecule has 0 radical (unpaired) electrons. The van der Waals surface area contributed by atoms with Gasteiger partial charge in [-0.2, -0.15) is 0 Å². The Morgan fingerprint density at radius 1 is 1.47 bits per heavy atom. The zero-order valence-electron chi connectivity index (χ0n) is 10.3. The van der Waals surface area contributed by atoms with Crippen LogP contribution in [-0.4, -0.2) is 22.7 Å². The number of rotatable bonds is 5. The van der Waals surface area contributed by atoms with Crippen LogP contribution in [0.3, 0.4) is 0 Å². The second-order valence-electron chi connectivity index (χ2n) is 4.17. The average Bonchev–Trinajstić information content (AvgIpc) is 2.19. The highest BCUT2D eigenvalue weighted by Crippen LogP contribution is 2.32. The number of hydrogen-bond donors (Lipinski definition) is 1. The predicted octanol–water partition coefficient (Wildman–Crippen LogP) is 2.36. The molecule has 0 heterocycles. The first-order chi connectivity index (χ1) is 7.91. The van der Waals surface area contributed by atoms with E-state index in [9.17, 15) is 10.1 Å². The van der Waals surface area contributed by atoms with E-state index in [1.54, 1.807) is 20.8 Å². The Morgan fingerprint density at radius 3 is 2.65 bits per heavy atom.